The molecule has 0 bridgehead atoms. The molecule has 59 heavy (non-hydrogen) atoms. The van der Waals surface area contributed by atoms with Crippen LogP contribution in [0.4, 0.5) is 13.2 Å². The average Bonchev–Trinajstić information content (AvgIpc) is 3.80. The Balaban J connectivity index is 0.00000293. The van der Waals surface area contributed by atoms with Crippen molar-refractivity contribution in [2.75, 3.05) is 0 Å². The van der Waals surface area contributed by atoms with Crippen LogP contribution in [0.2, 0.25) is 8.76 Å². The summed E-state index contributed by atoms with van der Waals surface area (Å²) in [7, 11) is 0. The van der Waals surface area contributed by atoms with Crippen molar-refractivity contribution in [3.63, 3.8) is 0 Å². The fourth-order valence-electron chi connectivity index (χ4n) is 12.1. The van der Waals surface area contributed by atoms with Crippen LogP contribution in [0.5, 0.6) is 0 Å². The van der Waals surface area contributed by atoms with Gasteiger partial charge in [-0.15, -0.1) is 24.8 Å². The molecule has 4 aromatic rings. The second-order valence-corrected chi connectivity index (χ2v) is 47.5. The molecule has 2 atom stereocenters. The van der Waals surface area contributed by atoms with E-state index >= 15 is 0 Å². The van der Waals surface area contributed by atoms with Gasteiger partial charge in [0.1, 0.15) is 0 Å². The van der Waals surface area contributed by atoms with Crippen LogP contribution in [0.15, 0.2) is 96.1 Å². The maximum atomic E-state index is 15.0. The number of fused-ring (bicyclic) bond motifs is 2. The van der Waals surface area contributed by atoms with Crippen molar-refractivity contribution in [3.8, 4) is 22.3 Å². The Kier molecular flexibility index (Phi) is 15.0. The zero-order valence-electron chi connectivity index (χ0n) is 35.5. The quantitative estimate of drug-likeness (QED) is 0.124. The fourth-order valence-corrected chi connectivity index (χ4v) is 35.8. The summed E-state index contributed by atoms with van der Waals surface area (Å²) in [6.07, 6.45) is 16.7. The molecule has 0 N–H and O–H groups in total. The molecule has 316 valence electrons. The number of hydrogen-bond acceptors (Lipinski definition) is 0. The van der Waals surface area contributed by atoms with E-state index in [1.54, 1.807) is 0 Å². The largest absolute Gasteiger partial charge is 0.147 e. The molecule has 0 heterocycles. The Morgan fingerprint density at radius 3 is 1.32 bits per heavy atom. The molecule has 4 aliphatic rings. The van der Waals surface area contributed by atoms with E-state index in [2.05, 4.69) is 122 Å². The number of allylic oxidation sites excluding steroid dienone is 2. The fraction of sp³-hybridized carbons (Fsp3) is 0.462. The molecule has 0 aliphatic heterocycles. The standard InChI is InChI=1S/2C24H27.C3H4F3.CH3.2ClH.H2Si.Zr/c2*1-2-18-11-13-21(14-12-18)23-10-6-9-22-16-20(17-24(22)23)15-19-7-4-3-5-8-19;1-2-3(4,5)6;;;;;/h2*6,9-14,16-17,19H,2-5,7-8,15H2,1H3;1-2H2;1H3;2*1H;1H2;. The van der Waals surface area contributed by atoms with Crippen LogP contribution in [-0.2, 0) is 30.2 Å². The first-order chi connectivity index (χ1) is 27.4. The van der Waals surface area contributed by atoms with E-state index in [1.165, 1.54) is 131 Å². The van der Waals surface area contributed by atoms with Crippen molar-refractivity contribution in [2.24, 2.45) is 11.8 Å². The molecule has 0 saturated heterocycles. The normalized spacial score (nSPS) is 19.9. The van der Waals surface area contributed by atoms with Crippen molar-refractivity contribution in [2.45, 2.75) is 132 Å². The molecule has 0 amide bonds. The van der Waals surface area contributed by atoms with Gasteiger partial charge in [0.2, 0.25) is 0 Å². The van der Waals surface area contributed by atoms with Crippen LogP contribution in [0.1, 0.15) is 138 Å². The third-order valence-corrected chi connectivity index (χ3v) is 37.9. The van der Waals surface area contributed by atoms with Gasteiger partial charge in [-0.2, -0.15) is 0 Å². The molecular weight excluding hydrogens is 872 g/mol. The number of rotatable bonds is 12. The van der Waals surface area contributed by atoms with Crippen LogP contribution >= 0.6 is 24.8 Å². The Labute approximate surface area is 367 Å². The van der Waals surface area contributed by atoms with Gasteiger partial charge in [0.25, 0.3) is 0 Å². The summed E-state index contributed by atoms with van der Waals surface area (Å²) in [5, 5.41) is 0. The predicted molar refractivity (Wildman–Crippen MR) is 251 cm³/mol. The summed E-state index contributed by atoms with van der Waals surface area (Å²) >= 11 is -4.79. The van der Waals surface area contributed by atoms with Crippen LogP contribution < -0.4 is 0 Å². The van der Waals surface area contributed by atoms with Gasteiger partial charge in [0.15, 0.2) is 0 Å². The van der Waals surface area contributed by atoms with Gasteiger partial charge < -0.3 is 0 Å². The van der Waals surface area contributed by atoms with Gasteiger partial charge in [0.05, 0.1) is 0 Å². The van der Waals surface area contributed by atoms with Crippen molar-refractivity contribution in [1.29, 1.82) is 0 Å². The minimum atomic E-state index is -4.79. The zero-order chi connectivity index (χ0) is 39.8. The van der Waals surface area contributed by atoms with Crippen molar-refractivity contribution < 1.29 is 30.6 Å². The monoisotopic (exact) mass is 934 g/mol. The third-order valence-electron chi connectivity index (χ3n) is 15.0. The first-order valence-electron chi connectivity index (χ1n) is 22.4. The molecule has 0 spiro atoms. The summed E-state index contributed by atoms with van der Waals surface area (Å²) in [6, 6.07) is 31.7. The molecule has 0 nitrogen and oxygen atoms in total. The van der Waals surface area contributed by atoms with Gasteiger partial charge >= 0.3 is 345 Å². The van der Waals surface area contributed by atoms with Crippen LogP contribution in [-0.4, -0.2) is 13.1 Å². The average molecular weight is 937 g/mol. The minimum Gasteiger partial charge on any atom is -0.147 e. The second kappa shape index (κ2) is 19.1. The number of hydrogen-bond donors (Lipinski definition) is 0. The number of aryl methyl sites for hydroxylation is 2. The summed E-state index contributed by atoms with van der Waals surface area (Å²) < 4.78 is 47.8. The number of halogens is 5. The van der Waals surface area contributed by atoms with Crippen molar-refractivity contribution >= 4 is 43.8 Å². The Morgan fingerprint density at radius 1 is 0.576 bits per heavy atom. The maximum Gasteiger partial charge on any atom is -0.147 e. The molecule has 2 unspecified atom stereocenters. The Morgan fingerprint density at radius 2 is 0.966 bits per heavy atom. The van der Waals surface area contributed by atoms with Gasteiger partial charge in [-0.3, -0.25) is 0 Å². The molecule has 2 saturated carbocycles. The first-order valence-corrected chi connectivity index (χ1v) is 35.4. The number of alkyl halides is 3. The van der Waals surface area contributed by atoms with E-state index in [9.17, 15) is 13.2 Å². The predicted octanol–water partition coefficient (Wildman–Crippen LogP) is 16.2. The van der Waals surface area contributed by atoms with E-state index in [-0.39, 0.29) is 36.2 Å². The molecular formula is C52H65Cl2F3SiZr. The second-order valence-electron chi connectivity index (χ2n) is 19.1. The van der Waals surface area contributed by atoms with Gasteiger partial charge in [0, 0.05) is 0 Å². The Bertz CT molecular complexity index is 2060. The smallest absolute Gasteiger partial charge is 0.147 e. The van der Waals surface area contributed by atoms with Gasteiger partial charge in [-0.25, -0.2) is 0 Å². The maximum absolute atomic E-state index is 15.0. The Hall–Kier alpha value is -2.17. The molecule has 8 rings (SSSR count). The molecule has 4 aliphatic carbocycles. The third kappa shape index (κ3) is 9.60. The van der Waals surface area contributed by atoms with Gasteiger partial charge in [-0.1, -0.05) is 0 Å². The van der Waals surface area contributed by atoms with Gasteiger partial charge in [-0.05, 0) is 0 Å². The van der Waals surface area contributed by atoms with E-state index in [0.717, 1.165) is 25.7 Å². The summed E-state index contributed by atoms with van der Waals surface area (Å²) in [5.74, 6) is 1.20. The minimum absolute atomic E-state index is 0. The van der Waals surface area contributed by atoms with Crippen LogP contribution in [0, 0.1) is 11.8 Å². The molecule has 7 heteroatoms. The SMILES string of the molecule is CCc1ccc(-c2cccc3c2C=C(CC2CCCCC2)[CH]3[Zr]([CH3])(=[SiH2])([CH2]CC(F)(F)F)[CH]2C(CC3CCCCC3)=Cc3c(-c4ccc(CC)cc4)cccc32)cc1.Cl.Cl. The summed E-state index contributed by atoms with van der Waals surface area (Å²) in [4.78, 5) is 0. The first kappa shape index (κ1) is 46.3. The van der Waals surface area contributed by atoms with E-state index in [1.807, 2.05) is 0 Å². The summed E-state index contributed by atoms with van der Waals surface area (Å²) in [5.41, 5.74) is 15.6. The van der Waals surface area contributed by atoms with Crippen molar-refractivity contribution in [3.05, 3.63) is 129 Å². The van der Waals surface area contributed by atoms with E-state index < -0.39 is 30.0 Å². The van der Waals surface area contributed by atoms with E-state index in [0.29, 0.717) is 11.8 Å². The molecule has 0 aromatic heterocycles. The molecule has 4 aromatic carbocycles. The van der Waals surface area contributed by atoms with E-state index in [4.69, 9.17) is 0 Å². The number of benzene rings is 4. The van der Waals surface area contributed by atoms with Crippen LogP contribution in [0.25, 0.3) is 34.4 Å². The molecule has 2 fully saturated rings. The van der Waals surface area contributed by atoms with Crippen molar-refractivity contribution in [1.82, 2.24) is 0 Å². The topological polar surface area (TPSA) is 0 Å². The van der Waals surface area contributed by atoms with Crippen LogP contribution in [0.3, 0.4) is 0 Å². The molecule has 0 radical (unpaired) electrons. The zero-order valence-corrected chi connectivity index (χ0v) is 41.0. The summed E-state index contributed by atoms with van der Waals surface area (Å²) in [6.45, 7) is 6.55.